The number of rotatable bonds is 7. The molecule has 0 N–H and O–H groups in total. The van der Waals surface area contributed by atoms with Crippen molar-refractivity contribution in [3.05, 3.63) is 30.0 Å². The van der Waals surface area contributed by atoms with Gasteiger partial charge < -0.3 is 18.4 Å². The molecule has 25 heavy (non-hydrogen) atoms. The molecular formula is C16H16N4O4S. The van der Waals surface area contributed by atoms with Crippen LogP contribution < -0.4 is 9.47 Å². The maximum atomic E-state index is 5.60. The molecule has 0 bridgehead atoms. The third-order valence-electron chi connectivity index (χ3n) is 3.78. The van der Waals surface area contributed by atoms with Gasteiger partial charge in [0.1, 0.15) is 0 Å². The summed E-state index contributed by atoms with van der Waals surface area (Å²) in [6.45, 7) is 0. The highest BCUT2D eigenvalue weighted by atomic mass is 32.2. The summed E-state index contributed by atoms with van der Waals surface area (Å²) < 4.78 is 21.4. The highest BCUT2D eigenvalue weighted by molar-refractivity contribution is 7.98. The molecule has 1 fully saturated rings. The Bertz CT molecular complexity index is 875. The van der Waals surface area contributed by atoms with Gasteiger partial charge in [-0.15, -0.1) is 10.2 Å². The van der Waals surface area contributed by atoms with Gasteiger partial charge in [0.25, 0.3) is 5.22 Å². The van der Waals surface area contributed by atoms with Gasteiger partial charge in [0.15, 0.2) is 11.5 Å². The van der Waals surface area contributed by atoms with Crippen LogP contribution in [0.4, 0.5) is 0 Å². The van der Waals surface area contributed by atoms with E-state index in [1.54, 1.807) is 26.4 Å². The number of nitrogens with zero attached hydrogens (tertiary/aromatic N) is 4. The lowest BCUT2D eigenvalue weighted by atomic mass is 10.2. The number of thioether (sulfide) groups is 1. The summed E-state index contributed by atoms with van der Waals surface area (Å²) >= 11 is 1.38. The summed E-state index contributed by atoms with van der Waals surface area (Å²) in [4.78, 5) is 4.40. The maximum Gasteiger partial charge on any atom is 0.277 e. The normalized spacial score (nSPS) is 13.8. The van der Waals surface area contributed by atoms with E-state index in [2.05, 4.69) is 20.3 Å². The van der Waals surface area contributed by atoms with E-state index < -0.39 is 0 Å². The van der Waals surface area contributed by atoms with Gasteiger partial charge in [0.05, 0.1) is 20.0 Å². The molecule has 0 spiro atoms. The molecule has 1 aromatic carbocycles. The summed E-state index contributed by atoms with van der Waals surface area (Å²) in [5.41, 5.74) is 0.784. The molecule has 130 valence electrons. The SMILES string of the molecule is COc1ccc(-c2noc(CSc3nnc(C4CC4)o3)n2)cc1OC. The average Bonchev–Trinajstić information content (AvgIpc) is 3.20. The van der Waals surface area contributed by atoms with E-state index in [1.807, 2.05) is 6.07 Å². The molecule has 0 radical (unpaired) electrons. The molecule has 0 saturated heterocycles. The zero-order chi connectivity index (χ0) is 17.2. The second-order valence-electron chi connectivity index (χ2n) is 5.55. The van der Waals surface area contributed by atoms with Crippen molar-refractivity contribution in [2.45, 2.75) is 29.7 Å². The lowest BCUT2D eigenvalue weighted by molar-refractivity contribution is 0.355. The minimum absolute atomic E-state index is 0.446. The third-order valence-corrected chi connectivity index (χ3v) is 4.58. The Morgan fingerprint density at radius 2 is 2.00 bits per heavy atom. The van der Waals surface area contributed by atoms with Gasteiger partial charge in [0, 0.05) is 11.5 Å². The fraction of sp³-hybridized carbons (Fsp3) is 0.375. The Kier molecular flexibility index (Phi) is 4.31. The molecule has 1 saturated carbocycles. The van der Waals surface area contributed by atoms with Gasteiger partial charge >= 0.3 is 0 Å². The molecule has 0 aliphatic heterocycles. The van der Waals surface area contributed by atoms with Crippen molar-refractivity contribution in [2.24, 2.45) is 0 Å². The highest BCUT2D eigenvalue weighted by Gasteiger charge is 2.29. The molecule has 0 atom stereocenters. The lowest BCUT2D eigenvalue weighted by Gasteiger charge is -2.07. The first kappa shape index (κ1) is 15.9. The van der Waals surface area contributed by atoms with Crippen LogP contribution >= 0.6 is 11.8 Å². The molecule has 0 amide bonds. The van der Waals surface area contributed by atoms with Crippen LogP contribution in [0.3, 0.4) is 0 Å². The fourth-order valence-corrected chi connectivity index (χ4v) is 2.91. The average molecular weight is 360 g/mol. The number of ether oxygens (including phenoxy) is 2. The lowest BCUT2D eigenvalue weighted by Crippen LogP contribution is -1.91. The van der Waals surface area contributed by atoms with Crippen LogP contribution in [0.1, 0.15) is 30.5 Å². The number of benzene rings is 1. The Hall–Kier alpha value is -2.55. The third kappa shape index (κ3) is 3.46. The van der Waals surface area contributed by atoms with Crippen molar-refractivity contribution >= 4 is 11.8 Å². The van der Waals surface area contributed by atoms with Crippen LogP contribution in [0.15, 0.2) is 32.4 Å². The van der Waals surface area contributed by atoms with Crippen LogP contribution in [0, 0.1) is 0 Å². The summed E-state index contributed by atoms with van der Waals surface area (Å²) in [6.07, 6.45) is 2.26. The zero-order valence-corrected chi connectivity index (χ0v) is 14.6. The predicted octanol–water partition coefficient (Wildman–Crippen LogP) is 3.31. The predicted molar refractivity (Wildman–Crippen MR) is 88.7 cm³/mol. The van der Waals surface area contributed by atoms with Crippen LogP contribution in [0.2, 0.25) is 0 Å². The zero-order valence-electron chi connectivity index (χ0n) is 13.8. The van der Waals surface area contributed by atoms with Gasteiger partial charge in [-0.2, -0.15) is 4.98 Å². The highest BCUT2D eigenvalue weighted by Crippen LogP contribution is 2.40. The monoisotopic (exact) mass is 360 g/mol. The smallest absolute Gasteiger partial charge is 0.277 e. The van der Waals surface area contributed by atoms with E-state index in [0.29, 0.717) is 40.1 Å². The number of methoxy groups -OCH3 is 2. The summed E-state index contributed by atoms with van der Waals surface area (Å²) in [5.74, 6) is 3.86. The molecule has 1 aliphatic rings. The number of hydrogen-bond donors (Lipinski definition) is 0. The fourth-order valence-electron chi connectivity index (χ4n) is 2.30. The quantitative estimate of drug-likeness (QED) is 0.588. The van der Waals surface area contributed by atoms with E-state index in [9.17, 15) is 0 Å². The molecular weight excluding hydrogens is 344 g/mol. The Morgan fingerprint density at radius 1 is 1.16 bits per heavy atom. The van der Waals surface area contributed by atoms with E-state index in [-0.39, 0.29) is 0 Å². The van der Waals surface area contributed by atoms with Crippen LogP contribution in [-0.4, -0.2) is 34.6 Å². The molecule has 9 heteroatoms. The van der Waals surface area contributed by atoms with Crippen LogP contribution in [0.25, 0.3) is 11.4 Å². The van der Waals surface area contributed by atoms with Gasteiger partial charge in [0.2, 0.25) is 17.6 Å². The Balaban J connectivity index is 1.44. The van der Waals surface area contributed by atoms with E-state index in [4.69, 9.17) is 18.4 Å². The molecule has 2 heterocycles. The topological polar surface area (TPSA) is 96.3 Å². The van der Waals surface area contributed by atoms with Gasteiger partial charge in [-0.1, -0.05) is 16.9 Å². The molecule has 8 nitrogen and oxygen atoms in total. The van der Waals surface area contributed by atoms with Crippen molar-refractivity contribution in [2.75, 3.05) is 14.2 Å². The standard InChI is InChI=1S/C16H16N4O4S/c1-21-11-6-5-10(7-12(11)22-2)14-17-13(24-20-14)8-25-16-19-18-15(23-16)9-3-4-9/h5-7,9H,3-4,8H2,1-2H3. The molecule has 1 aliphatic carbocycles. The second-order valence-corrected chi connectivity index (χ2v) is 6.48. The summed E-state index contributed by atoms with van der Waals surface area (Å²) in [7, 11) is 3.17. The van der Waals surface area contributed by atoms with Gasteiger partial charge in [-0.05, 0) is 31.0 Å². The van der Waals surface area contributed by atoms with Crippen molar-refractivity contribution in [1.29, 1.82) is 0 Å². The van der Waals surface area contributed by atoms with E-state index in [0.717, 1.165) is 24.3 Å². The van der Waals surface area contributed by atoms with Gasteiger partial charge in [-0.3, -0.25) is 0 Å². The largest absolute Gasteiger partial charge is 0.493 e. The molecule has 0 unspecified atom stereocenters. The Labute approximate surface area is 147 Å². The van der Waals surface area contributed by atoms with Crippen molar-refractivity contribution in [3.63, 3.8) is 0 Å². The first-order valence-corrected chi connectivity index (χ1v) is 8.76. The Morgan fingerprint density at radius 3 is 2.76 bits per heavy atom. The number of hydrogen-bond acceptors (Lipinski definition) is 9. The van der Waals surface area contributed by atoms with Crippen LogP contribution in [-0.2, 0) is 5.75 Å². The van der Waals surface area contributed by atoms with Gasteiger partial charge in [-0.25, -0.2) is 0 Å². The summed E-state index contributed by atoms with van der Waals surface area (Å²) in [5, 5.41) is 12.6. The van der Waals surface area contributed by atoms with Crippen molar-refractivity contribution in [1.82, 2.24) is 20.3 Å². The summed E-state index contributed by atoms with van der Waals surface area (Å²) in [6, 6.07) is 5.46. The van der Waals surface area contributed by atoms with E-state index in [1.165, 1.54) is 11.8 Å². The van der Waals surface area contributed by atoms with Crippen molar-refractivity contribution < 1.29 is 18.4 Å². The minimum atomic E-state index is 0.446. The first-order valence-electron chi connectivity index (χ1n) is 7.78. The number of aromatic nitrogens is 4. The molecule has 4 rings (SSSR count). The molecule has 2 aromatic heterocycles. The van der Waals surface area contributed by atoms with E-state index >= 15 is 0 Å². The van der Waals surface area contributed by atoms with Crippen molar-refractivity contribution in [3.8, 4) is 22.9 Å². The second kappa shape index (κ2) is 6.75. The minimum Gasteiger partial charge on any atom is -0.493 e. The maximum absolute atomic E-state index is 5.60. The van der Waals surface area contributed by atoms with Crippen LogP contribution in [0.5, 0.6) is 11.5 Å². The first-order chi connectivity index (χ1) is 12.3. The molecule has 3 aromatic rings.